The zero-order valence-electron chi connectivity index (χ0n) is 5.14. The summed E-state index contributed by atoms with van der Waals surface area (Å²) in [5.74, 6) is 0. The third-order valence-corrected chi connectivity index (χ3v) is 2.31. The Kier molecular flexibility index (Phi) is 2.05. The van der Waals surface area contributed by atoms with Crippen LogP contribution in [0.15, 0.2) is 17.4 Å². The molecule has 0 aromatic carbocycles. The van der Waals surface area contributed by atoms with Gasteiger partial charge in [0.2, 0.25) is 0 Å². The van der Waals surface area contributed by atoms with Crippen LogP contribution in [0.25, 0.3) is 0 Å². The fourth-order valence-corrected chi connectivity index (χ4v) is 1.21. The van der Waals surface area contributed by atoms with Crippen LogP contribution in [0.5, 0.6) is 0 Å². The second-order valence-electron chi connectivity index (χ2n) is 1.74. The maximum atomic E-state index is 5.45. The Hall–Kier alpha value is -0.420. The number of hydrogen-bond donors (Lipinski definition) is 3. The summed E-state index contributed by atoms with van der Waals surface area (Å²) in [6.07, 6.45) is 4.95. The van der Waals surface area contributed by atoms with Crippen LogP contribution in [0.3, 0.4) is 0 Å². The fraction of sp³-hybridized carbons (Fsp3) is 0. The molecule has 0 aromatic rings. The molecule has 0 saturated heterocycles. The van der Waals surface area contributed by atoms with Gasteiger partial charge in [-0.2, -0.15) is 5.10 Å². The molecule has 0 radical (unpaired) electrons. The molecule has 0 atom stereocenters. The summed E-state index contributed by atoms with van der Waals surface area (Å²) in [4.78, 5) is 0. The lowest BCUT2D eigenvalue weighted by Crippen LogP contribution is -2.34. The number of hydrazine groups is 1. The molecular weight excluding hydrogens is 169 g/mol. The molecule has 0 bridgehead atoms. The number of nitrogens with two attached hydrogens (primary N) is 2. The van der Waals surface area contributed by atoms with Gasteiger partial charge < -0.3 is 0 Å². The van der Waals surface area contributed by atoms with Crippen molar-refractivity contribution in [3.8, 4) is 0 Å². The molecule has 0 aliphatic carbocycles. The van der Waals surface area contributed by atoms with Crippen molar-refractivity contribution in [3.63, 3.8) is 0 Å². The number of rotatable bonds is 1. The van der Waals surface area contributed by atoms with Gasteiger partial charge in [0.25, 0.3) is 0 Å². The summed E-state index contributed by atoms with van der Waals surface area (Å²) in [6, 6.07) is 0. The summed E-state index contributed by atoms with van der Waals surface area (Å²) >= 11 is 4.81. The van der Waals surface area contributed by atoms with Crippen molar-refractivity contribution in [3.05, 3.63) is 12.3 Å². The molecule has 0 fully saturated rings. The van der Waals surface area contributed by atoms with Crippen LogP contribution in [-0.2, 0) is 11.8 Å². The van der Waals surface area contributed by atoms with Gasteiger partial charge in [-0.3, -0.25) is 11.0 Å². The normalized spacial score (nSPS) is 17.2. The van der Waals surface area contributed by atoms with Gasteiger partial charge in [0, 0.05) is 6.20 Å². The van der Waals surface area contributed by atoms with E-state index in [1.165, 1.54) is 4.78 Å². The van der Waals surface area contributed by atoms with Crippen molar-refractivity contribution in [2.24, 2.45) is 16.1 Å². The van der Waals surface area contributed by atoms with Gasteiger partial charge in [0.05, 0.1) is 6.21 Å². The quantitative estimate of drug-likeness (QED) is 0.468. The number of allylic oxidation sites excluding steroid dienone is 1. The highest BCUT2D eigenvalue weighted by Gasteiger charge is 2.11. The Balaban J connectivity index is 2.69. The third-order valence-electron chi connectivity index (χ3n) is 0.885. The average Bonchev–Trinajstić information content (AvgIpc) is 1.88. The smallest absolute Gasteiger partial charge is 0.178 e. The van der Waals surface area contributed by atoms with E-state index in [-0.39, 0.29) is 0 Å². The van der Waals surface area contributed by atoms with E-state index in [1.807, 2.05) is 0 Å². The number of hydrogen-bond acceptors (Lipinski definition) is 3. The highest BCUT2D eigenvalue weighted by atomic mass is 32.4. The summed E-state index contributed by atoms with van der Waals surface area (Å²) < 4.78 is 1.43. The van der Waals surface area contributed by atoms with Gasteiger partial charge in [-0.25, -0.2) is 10.3 Å². The Morgan fingerprint density at radius 2 is 2.30 bits per heavy atom. The minimum absolute atomic E-state index is 1.43. The van der Waals surface area contributed by atoms with E-state index in [1.54, 1.807) is 18.5 Å². The Labute approximate surface area is 63.9 Å². The molecule has 1 aliphatic heterocycles. The second-order valence-corrected chi connectivity index (χ2v) is 5.27. The van der Waals surface area contributed by atoms with E-state index in [4.69, 9.17) is 22.8 Å². The van der Waals surface area contributed by atoms with Gasteiger partial charge in [-0.1, -0.05) is 0 Å². The molecule has 1 rings (SSSR count). The molecule has 0 saturated carbocycles. The molecular formula is C3H8N5PS. The first-order chi connectivity index (χ1) is 4.61. The third kappa shape index (κ3) is 1.78. The second kappa shape index (κ2) is 2.67. The van der Waals surface area contributed by atoms with Crippen molar-refractivity contribution in [1.29, 1.82) is 0 Å². The monoisotopic (exact) mass is 177 g/mol. The van der Waals surface area contributed by atoms with Crippen molar-refractivity contribution < 1.29 is 0 Å². The predicted molar refractivity (Wildman–Crippen MR) is 45.3 cm³/mol. The standard InChI is InChI=1S/C3H8N5PS/c4-9(5,10)8-3-1-2-6-7-8/h1-3,7H,(H4,4,5,10). The molecule has 56 valence electrons. The maximum Gasteiger partial charge on any atom is 0.178 e. The molecule has 0 spiro atoms. The molecule has 5 N–H and O–H groups in total. The molecule has 0 amide bonds. The molecule has 0 unspecified atom stereocenters. The molecule has 1 heterocycles. The summed E-state index contributed by atoms with van der Waals surface area (Å²) in [5.41, 5.74) is 13.5. The number of nitrogens with zero attached hydrogens (tertiary/aromatic N) is 2. The van der Waals surface area contributed by atoms with E-state index >= 15 is 0 Å². The Morgan fingerprint density at radius 3 is 2.60 bits per heavy atom. The lowest BCUT2D eigenvalue weighted by molar-refractivity contribution is 0.450. The Morgan fingerprint density at radius 1 is 1.60 bits per heavy atom. The van der Waals surface area contributed by atoms with Crippen molar-refractivity contribution >= 4 is 24.5 Å². The van der Waals surface area contributed by atoms with E-state index in [2.05, 4.69) is 10.6 Å². The van der Waals surface area contributed by atoms with Crippen molar-refractivity contribution in [1.82, 2.24) is 10.3 Å². The fourth-order valence-electron chi connectivity index (χ4n) is 0.463. The number of nitrogens with one attached hydrogen (secondary N) is 1. The van der Waals surface area contributed by atoms with Crippen LogP contribution >= 0.6 is 6.49 Å². The lowest BCUT2D eigenvalue weighted by Gasteiger charge is -2.26. The molecule has 7 heteroatoms. The summed E-state index contributed by atoms with van der Waals surface area (Å²) in [6.45, 7) is -2.39. The number of hydrazone groups is 1. The van der Waals surface area contributed by atoms with E-state index in [0.717, 1.165) is 0 Å². The van der Waals surface area contributed by atoms with Crippen molar-refractivity contribution in [2.45, 2.75) is 0 Å². The minimum Gasteiger partial charge on any atom is -0.274 e. The highest BCUT2D eigenvalue weighted by Crippen LogP contribution is 2.30. The molecule has 1 aliphatic rings. The van der Waals surface area contributed by atoms with E-state index in [9.17, 15) is 0 Å². The van der Waals surface area contributed by atoms with Gasteiger partial charge >= 0.3 is 0 Å². The van der Waals surface area contributed by atoms with Gasteiger partial charge in [0.1, 0.15) is 0 Å². The summed E-state index contributed by atoms with van der Waals surface area (Å²) in [5, 5.41) is 3.69. The molecule has 0 aromatic heterocycles. The average molecular weight is 177 g/mol. The van der Waals surface area contributed by atoms with E-state index < -0.39 is 6.49 Å². The van der Waals surface area contributed by atoms with Gasteiger partial charge in [-0.15, -0.1) is 0 Å². The minimum atomic E-state index is -2.39. The zero-order valence-corrected chi connectivity index (χ0v) is 6.85. The first-order valence-corrected chi connectivity index (χ1v) is 5.42. The largest absolute Gasteiger partial charge is 0.274 e. The van der Waals surface area contributed by atoms with Crippen molar-refractivity contribution in [2.75, 3.05) is 0 Å². The van der Waals surface area contributed by atoms with Crippen LogP contribution in [0, 0.1) is 0 Å². The molecule has 5 nitrogen and oxygen atoms in total. The topological polar surface area (TPSA) is 79.7 Å². The maximum absolute atomic E-state index is 5.45. The van der Waals surface area contributed by atoms with Crippen LogP contribution < -0.4 is 16.5 Å². The van der Waals surface area contributed by atoms with Gasteiger partial charge in [-0.05, 0) is 17.9 Å². The lowest BCUT2D eigenvalue weighted by atomic mass is 10.7. The highest BCUT2D eigenvalue weighted by molar-refractivity contribution is 8.11. The first-order valence-electron chi connectivity index (χ1n) is 2.53. The SMILES string of the molecule is NP(N)(=S)N1C=CC=NN1. The van der Waals surface area contributed by atoms with Crippen LogP contribution in [0.2, 0.25) is 0 Å². The van der Waals surface area contributed by atoms with Gasteiger partial charge in [0.15, 0.2) is 6.49 Å². The van der Waals surface area contributed by atoms with Crippen LogP contribution in [-0.4, -0.2) is 11.0 Å². The molecule has 10 heavy (non-hydrogen) atoms. The van der Waals surface area contributed by atoms with Crippen LogP contribution in [0.4, 0.5) is 0 Å². The predicted octanol–water partition coefficient (Wildman–Crippen LogP) is -0.552. The Bertz CT molecular complexity index is 217. The zero-order chi connectivity index (χ0) is 7.61. The summed E-state index contributed by atoms with van der Waals surface area (Å²) in [7, 11) is 0. The van der Waals surface area contributed by atoms with E-state index in [0.29, 0.717) is 0 Å². The van der Waals surface area contributed by atoms with Crippen LogP contribution in [0.1, 0.15) is 0 Å². The first kappa shape index (κ1) is 7.68.